The maximum absolute atomic E-state index is 4.65. The lowest BCUT2D eigenvalue weighted by Crippen LogP contribution is -1.92. The normalized spacial score (nSPS) is 10.7. The summed E-state index contributed by atoms with van der Waals surface area (Å²) in [6.07, 6.45) is 3.42. The van der Waals surface area contributed by atoms with Gasteiger partial charge in [0.05, 0.1) is 34.2 Å². The van der Waals surface area contributed by atoms with Crippen LogP contribution in [0.4, 0.5) is 0 Å². The topological polar surface area (TPSA) is 83.1 Å². The Bertz CT molecular complexity index is 805. The predicted octanol–water partition coefficient (Wildman–Crippen LogP) is 2.92. The van der Waals surface area contributed by atoms with E-state index in [1.807, 2.05) is 48.5 Å². The van der Waals surface area contributed by atoms with Crippen LogP contribution in [0.1, 0.15) is 0 Å². The minimum absolute atomic E-state index is 0.813. The smallest absolute Gasteiger partial charge is 0.0894 e. The summed E-state index contributed by atoms with van der Waals surface area (Å²) in [7, 11) is 0. The molecule has 0 fully saturated rings. The Morgan fingerprint density at radius 3 is 1.41 bits per heavy atom. The van der Waals surface area contributed by atoms with E-state index in [0.717, 1.165) is 34.2 Å². The summed E-state index contributed by atoms with van der Waals surface area (Å²) in [4.78, 5) is 9.30. The molecule has 0 aliphatic carbocycles. The van der Waals surface area contributed by atoms with E-state index in [9.17, 15) is 0 Å². The first kappa shape index (κ1) is 12.5. The average molecular weight is 288 g/mol. The fourth-order valence-electron chi connectivity index (χ4n) is 2.25. The van der Waals surface area contributed by atoms with Crippen molar-refractivity contribution in [2.24, 2.45) is 0 Å². The molecule has 0 amide bonds. The average Bonchev–Trinajstić information content (AvgIpc) is 3.29. The molecule has 22 heavy (non-hydrogen) atoms. The van der Waals surface area contributed by atoms with Crippen LogP contribution in [0, 0.1) is 0 Å². The largest absolute Gasteiger partial charge is 0.276 e. The Morgan fingerprint density at radius 2 is 1.00 bits per heavy atom. The van der Waals surface area contributed by atoms with Crippen molar-refractivity contribution in [1.82, 2.24) is 30.4 Å². The van der Waals surface area contributed by atoms with Crippen molar-refractivity contribution >= 4 is 0 Å². The van der Waals surface area contributed by atoms with Gasteiger partial charge < -0.3 is 0 Å². The SMILES string of the molecule is c1cc(-c2cccc(-c3ccn[nH]3)n2)nc(-c2ccn[nH]2)c1. The van der Waals surface area contributed by atoms with Crippen LogP contribution in [-0.4, -0.2) is 30.4 Å². The fourth-order valence-corrected chi connectivity index (χ4v) is 2.25. The third-order valence-electron chi connectivity index (χ3n) is 3.31. The van der Waals surface area contributed by atoms with Gasteiger partial charge in [0.2, 0.25) is 0 Å². The van der Waals surface area contributed by atoms with Gasteiger partial charge in [-0.05, 0) is 36.4 Å². The molecule has 0 aliphatic heterocycles. The number of aromatic nitrogens is 6. The first-order valence-corrected chi connectivity index (χ1v) is 6.84. The Balaban J connectivity index is 1.76. The van der Waals surface area contributed by atoms with Gasteiger partial charge in [-0.15, -0.1) is 0 Å². The number of aromatic amines is 2. The number of pyridine rings is 2. The van der Waals surface area contributed by atoms with Crippen molar-refractivity contribution in [1.29, 1.82) is 0 Å². The molecule has 0 spiro atoms. The number of nitrogens with zero attached hydrogens (tertiary/aromatic N) is 4. The van der Waals surface area contributed by atoms with Gasteiger partial charge in [0.15, 0.2) is 0 Å². The second-order valence-electron chi connectivity index (χ2n) is 4.76. The third kappa shape index (κ3) is 2.26. The van der Waals surface area contributed by atoms with Gasteiger partial charge >= 0.3 is 0 Å². The van der Waals surface area contributed by atoms with E-state index in [2.05, 4.69) is 30.4 Å². The molecular formula is C16H12N6. The van der Waals surface area contributed by atoms with Crippen LogP contribution < -0.4 is 0 Å². The van der Waals surface area contributed by atoms with E-state index in [-0.39, 0.29) is 0 Å². The molecule has 0 aliphatic rings. The summed E-state index contributed by atoms with van der Waals surface area (Å²) in [5, 5.41) is 13.8. The van der Waals surface area contributed by atoms with E-state index in [0.29, 0.717) is 0 Å². The Kier molecular flexibility index (Phi) is 2.97. The zero-order valence-electron chi connectivity index (χ0n) is 11.6. The summed E-state index contributed by atoms with van der Waals surface area (Å²) in [6.45, 7) is 0. The van der Waals surface area contributed by atoms with E-state index >= 15 is 0 Å². The second kappa shape index (κ2) is 5.25. The highest BCUT2D eigenvalue weighted by atomic mass is 15.1. The molecule has 0 radical (unpaired) electrons. The van der Waals surface area contributed by atoms with Crippen molar-refractivity contribution < 1.29 is 0 Å². The molecule has 6 nitrogen and oxygen atoms in total. The second-order valence-corrected chi connectivity index (χ2v) is 4.76. The quantitative estimate of drug-likeness (QED) is 0.607. The Morgan fingerprint density at radius 1 is 0.545 bits per heavy atom. The van der Waals surface area contributed by atoms with Crippen molar-refractivity contribution in [3.63, 3.8) is 0 Å². The number of hydrogen-bond donors (Lipinski definition) is 2. The maximum atomic E-state index is 4.65. The van der Waals surface area contributed by atoms with E-state index < -0.39 is 0 Å². The van der Waals surface area contributed by atoms with Gasteiger partial charge in [-0.25, -0.2) is 9.97 Å². The third-order valence-corrected chi connectivity index (χ3v) is 3.31. The van der Waals surface area contributed by atoms with Crippen LogP contribution in [0.3, 0.4) is 0 Å². The van der Waals surface area contributed by atoms with Gasteiger partial charge in [-0.2, -0.15) is 10.2 Å². The Hall–Kier alpha value is -3.28. The molecule has 0 saturated heterocycles. The minimum atomic E-state index is 0.813. The lowest BCUT2D eigenvalue weighted by molar-refractivity contribution is 1.08. The first-order valence-electron chi connectivity index (χ1n) is 6.84. The van der Waals surface area contributed by atoms with Gasteiger partial charge in [-0.3, -0.25) is 10.2 Å². The molecule has 6 heteroatoms. The molecule has 0 aromatic carbocycles. The molecule has 2 N–H and O–H groups in total. The van der Waals surface area contributed by atoms with E-state index in [4.69, 9.17) is 0 Å². The molecule has 4 aromatic heterocycles. The lowest BCUT2D eigenvalue weighted by atomic mass is 10.2. The van der Waals surface area contributed by atoms with Crippen molar-refractivity contribution in [3.8, 4) is 34.2 Å². The van der Waals surface area contributed by atoms with Crippen LogP contribution in [-0.2, 0) is 0 Å². The van der Waals surface area contributed by atoms with E-state index in [1.54, 1.807) is 12.4 Å². The highest BCUT2D eigenvalue weighted by molar-refractivity contribution is 5.64. The fraction of sp³-hybridized carbons (Fsp3) is 0. The van der Waals surface area contributed by atoms with Crippen molar-refractivity contribution in [2.75, 3.05) is 0 Å². The molecular weight excluding hydrogens is 276 g/mol. The van der Waals surface area contributed by atoms with Crippen LogP contribution in [0.2, 0.25) is 0 Å². The molecule has 0 bridgehead atoms. The lowest BCUT2D eigenvalue weighted by Gasteiger charge is -2.04. The molecule has 106 valence electrons. The first-order chi connectivity index (χ1) is 10.9. The zero-order valence-corrected chi connectivity index (χ0v) is 11.6. The zero-order chi connectivity index (χ0) is 14.8. The van der Waals surface area contributed by atoms with Crippen LogP contribution in [0.15, 0.2) is 60.9 Å². The van der Waals surface area contributed by atoms with Gasteiger partial charge in [-0.1, -0.05) is 12.1 Å². The summed E-state index contributed by atoms with van der Waals surface area (Å²) in [5.41, 5.74) is 5.06. The molecule has 0 unspecified atom stereocenters. The molecule has 4 heterocycles. The maximum Gasteiger partial charge on any atom is 0.0894 e. The number of nitrogens with one attached hydrogen (secondary N) is 2. The highest BCUT2D eigenvalue weighted by Crippen LogP contribution is 2.22. The number of rotatable bonds is 3. The number of H-pyrrole nitrogens is 2. The summed E-state index contributed by atoms with van der Waals surface area (Å²) < 4.78 is 0. The summed E-state index contributed by atoms with van der Waals surface area (Å²) in [6, 6.07) is 15.5. The van der Waals surface area contributed by atoms with Gasteiger partial charge in [0.25, 0.3) is 0 Å². The molecule has 4 rings (SSSR count). The summed E-state index contributed by atoms with van der Waals surface area (Å²) >= 11 is 0. The Labute approximate surface area is 126 Å². The highest BCUT2D eigenvalue weighted by Gasteiger charge is 2.07. The molecule has 4 aromatic rings. The van der Waals surface area contributed by atoms with Crippen LogP contribution in [0.5, 0.6) is 0 Å². The predicted molar refractivity (Wildman–Crippen MR) is 82.6 cm³/mol. The van der Waals surface area contributed by atoms with Gasteiger partial charge in [0.1, 0.15) is 0 Å². The van der Waals surface area contributed by atoms with Gasteiger partial charge in [0, 0.05) is 12.4 Å². The molecule has 0 atom stereocenters. The van der Waals surface area contributed by atoms with Crippen molar-refractivity contribution in [2.45, 2.75) is 0 Å². The van der Waals surface area contributed by atoms with Crippen molar-refractivity contribution in [3.05, 3.63) is 60.9 Å². The monoisotopic (exact) mass is 288 g/mol. The number of hydrogen-bond acceptors (Lipinski definition) is 4. The standard InChI is InChI=1S/C16H12N6/c1-3-11(19-13(5-1)15-7-9-17-21-15)12-4-2-6-14(20-12)16-8-10-18-22-16/h1-10H,(H,17,21)(H,18,22). The van der Waals surface area contributed by atoms with E-state index in [1.165, 1.54) is 0 Å². The molecule has 0 saturated carbocycles. The van der Waals surface area contributed by atoms with Crippen LogP contribution in [0.25, 0.3) is 34.2 Å². The van der Waals surface area contributed by atoms with Crippen LogP contribution >= 0.6 is 0 Å². The minimum Gasteiger partial charge on any atom is -0.276 e. The summed E-state index contributed by atoms with van der Waals surface area (Å²) in [5.74, 6) is 0.